The van der Waals surface area contributed by atoms with Gasteiger partial charge in [-0.3, -0.25) is 4.79 Å². The zero-order chi connectivity index (χ0) is 19.8. The molecule has 3 rings (SSSR count). The normalized spacial score (nSPS) is 15.1. The van der Waals surface area contributed by atoms with Crippen LogP contribution in [0.3, 0.4) is 0 Å². The molecule has 4 nitrogen and oxygen atoms in total. The van der Waals surface area contributed by atoms with Gasteiger partial charge in [-0.1, -0.05) is 79.9 Å². The van der Waals surface area contributed by atoms with Crippen LogP contribution in [0, 0.1) is 11.3 Å². The fraction of sp³-hybridized carbons (Fsp3) is 0.333. The predicted molar refractivity (Wildman–Crippen MR) is 111 cm³/mol. The molecule has 0 radical (unpaired) electrons. The average molecular weight is 374 g/mol. The second-order valence-corrected chi connectivity index (χ2v) is 7.34. The number of amides is 1. The largest absolute Gasteiger partial charge is 0.376 e. The molecule has 1 aliphatic rings. The summed E-state index contributed by atoms with van der Waals surface area (Å²) in [6.07, 6.45) is 7.63. The molecule has 4 heteroatoms. The summed E-state index contributed by atoms with van der Waals surface area (Å²) >= 11 is 0. The lowest BCUT2D eigenvalue weighted by Gasteiger charge is -2.30. The van der Waals surface area contributed by atoms with E-state index in [1.54, 1.807) is 6.20 Å². The van der Waals surface area contributed by atoms with E-state index >= 15 is 0 Å². The van der Waals surface area contributed by atoms with Crippen molar-refractivity contribution in [3.05, 3.63) is 83.6 Å². The van der Waals surface area contributed by atoms with Gasteiger partial charge in [-0.15, -0.1) is 0 Å². The Labute approximate surface area is 167 Å². The molecule has 0 unspecified atom stereocenters. The summed E-state index contributed by atoms with van der Waals surface area (Å²) < 4.78 is 0. The highest BCUT2D eigenvalue weighted by molar-refractivity contribution is 5.97. The van der Waals surface area contributed by atoms with Gasteiger partial charge in [-0.25, -0.2) is 0 Å². The standard InChI is InChI=1S/C24H27N3O/c1-27(22-15-9-4-10-16-22)18-21(17-25)24(28)26-23(19-11-5-2-6-12-19)20-13-7-3-8-14-20/h2-3,5-8,11-14,18,22-23H,4,9-10,15-16H2,1H3,(H,26,28)/b21-18-. The maximum atomic E-state index is 12.9. The van der Waals surface area contributed by atoms with E-state index in [9.17, 15) is 10.1 Å². The van der Waals surface area contributed by atoms with Crippen molar-refractivity contribution < 1.29 is 4.79 Å². The van der Waals surface area contributed by atoms with Crippen molar-refractivity contribution in [3.8, 4) is 6.07 Å². The van der Waals surface area contributed by atoms with Crippen molar-refractivity contribution in [3.63, 3.8) is 0 Å². The van der Waals surface area contributed by atoms with Crippen LogP contribution in [-0.2, 0) is 4.79 Å². The summed E-state index contributed by atoms with van der Waals surface area (Å²) in [7, 11) is 1.96. The van der Waals surface area contributed by atoms with Gasteiger partial charge in [0.2, 0.25) is 0 Å². The van der Waals surface area contributed by atoms with Crippen LogP contribution in [0.2, 0.25) is 0 Å². The molecule has 1 aliphatic carbocycles. The van der Waals surface area contributed by atoms with E-state index in [2.05, 4.69) is 11.4 Å². The Morgan fingerprint density at radius 2 is 1.57 bits per heavy atom. The number of hydrogen-bond acceptors (Lipinski definition) is 3. The third kappa shape index (κ3) is 5.01. The average Bonchev–Trinajstić information content (AvgIpc) is 2.77. The van der Waals surface area contributed by atoms with E-state index in [0.717, 1.165) is 24.0 Å². The number of nitrogens with one attached hydrogen (secondary N) is 1. The molecule has 1 N–H and O–H groups in total. The van der Waals surface area contributed by atoms with Gasteiger partial charge in [-0.05, 0) is 24.0 Å². The van der Waals surface area contributed by atoms with Gasteiger partial charge >= 0.3 is 0 Å². The second kappa shape index (κ2) is 9.75. The summed E-state index contributed by atoms with van der Waals surface area (Å²) in [5.41, 5.74) is 2.12. The summed E-state index contributed by atoms with van der Waals surface area (Å²) in [6, 6.07) is 21.9. The molecule has 144 valence electrons. The first kappa shape index (κ1) is 19.7. The van der Waals surface area contributed by atoms with Crippen LogP contribution < -0.4 is 5.32 Å². The van der Waals surface area contributed by atoms with Crippen molar-refractivity contribution in [1.82, 2.24) is 10.2 Å². The van der Waals surface area contributed by atoms with Crippen LogP contribution in [0.25, 0.3) is 0 Å². The fourth-order valence-electron chi connectivity index (χ4n) is 3.79. The molecule has 2 aromatic carbocycles. The molecule has 0 atom stereocenters. The minimum Gasteiger partial charge on any atom is -0.376 e. The Bertz CT molecular complexity index is 794. The maximum Gasteiger partial charge on any atom is 0.264 e. The number of hydrogen-bond donors (Lipinski definition) is 1. The first-order chi connectivity index (χ1) is 13.7. The van der Waals surface area contributed by atoms with Gasteiger partial charge < -0.3 is 10.2 Å². The van der Waals surface area contributed by atoms with E-state index in [4.69, 9.17) is 0 Å². The molecule has 1 fully saturated rings. The van der Waals surface area contributed by atoms with E-state index in [0.29, 0.717) is 6.04 Å². The highest BCUT2D eigenvalue weighted by Gasteiger charge is 2.21. The number of carbonyl (C=O) groups is 1. The molecule has 0 aliphatic heterocycles. The van der Waals surface area contributed by atoms with E-state index in [1.165, 1.54) is 19.3 Å². The van der Waals surface area contributed by atoms with Crippen molar-refractivity contribution in [2.75, 3.05) is 7.05 Å². The smallest absolute Gasteiger partial charge is 0.264 e. The van der Waals surface area contributed by atoms with Gasteiger partial charge in [0.15, 0.2) is 0 Å². The summed E-state index contributed by atoms with van der Waals surface area (Å²) in [6.45, 7) is 0. The van der Waals surface area contributed by atoms with Crippen LogP contribution in [-0.4, -0.2) is 23.9 Å². The topological polar surface area (TPSA) is 56.1 Å². The maximum absolute atomic E-state index is 12.9. The van der Waals surface area contributed by atoms with Crippen LogP contribution in [0.5, 0.6) is 0 Å². The minimum absolute atomic E-state index is 0.143. The lowest BCUT2D eigenvalue weighted by atomic mass is 9.94. The van der Waals surface area contributed by atoms with Gasteiger partial charge in [0, 0.05) is 19.3 Å². The van der Waals surface area contributed by atoms with Gasteiger partial charge in [0.05, 0.1) is 6.04 Å². The van der Waals surface area contributed by atoms with Gasteiger partial charge in [-0.2, -0.15) is 5.26 Å². The number of nitriles is 1. The molecular weight excluding hydrogens is 346 g/mol. The number of nitrogens with zero attached hydrogens (tertiary/aromatic N) is 2. The molecular formula is C24H27N3O. The van der Waals surface area contributed by atoms with Crippen molar-refractivity contribution >= 4 is 5.91 Å². The first-order valence-electron chi connectivity index (χ1n) is 9.93. The number of carbonyl (C=O) groups excluding carboxylic acids is 1. The monoisotopic (exact) mass is 373 g/mol. The summed E-state index contributed by atoms with van der Waals surface area (Å²) in [5, 5.41) is 12.6. The number of benzene rings is 2. The molecule has 1 saturated carbocycles. The highest BCUT2D eigenvalue weighted by Crippen LogP contribution is 2.24. The molecule has 0 saturated heterocycles. The molecule has 1 amide bonds. The van der Waals surface area contributed by atoms with Gasteiger partial charge in [0.25, 0.3) is 5.91 Å². The Morgan fingerprint density at radius 3 is 2.07 bits per heavy atom. The van der Waals surface area contributed by atoms with Crippen LogP contribution in [0.4, 0.5) is 0 Å². The van der Waals surface area contributed by atoms with Crippen LogP contribution >= 0.6 is 0 Å². The Balaban J connectivity index is 1.80. The van der Waals surface area contributed by atoms with E-state index in [1.807, 2.05) is 72.6 Å². The Morgan fingerprint density at radius 1 is 1.04 bits per heavy atom. The van der Waals surface area contributed by atoms with E-state index < -0.39 is 0 Å². The minimum atomic E-state index is -0.345. The van der Waals surface area contributed by atoms with Crippen molar-refractivity contribution in [2.24, 2.45) is 0 Å². The predicted octanol–water partition coefficient (Wildman–Crippen LogP) is 4.56. The van der Waals surface area contributed by atoms with Crippen LogP contribution in [0.1, 0.15) is 49.3 Å². The SMILES string of the molecule is CN(/C=C(/C#N)C(=O)NC(c1ccccc1)c1ccccc1)C1CCCCC1. The molecule has 0 spiro atoms. The number of rotatable bonds is 6. The highest BCUT2D eigenvalue weighted by atomic mass is 16.1. The Hall–Kier alpha value is -3.06. The summed E-state index contributed by atoms with van der Waals surface area (Å²) in [5.74, 6) is -0.345. The quantitative estimate of drug-likeness (QED) is 0.596. The van der Waals surface area contributed by atoms with Crippen molar-refractivity contribution in [1.29, 1.82) is 5.26 Å². The lowest BCUT2D eigenvalue weighted by molar-refractivity contribution is -0.117. The lowest BCUT2D eigenvalue weighted by Crippen LogP contribution is -2.33. The summed E-state index contributed by atoms with van der Waals surface area (Å²) in [4.78, 5) is 15.0. The fourth-order valence-corrected chi connectivity index (χ4v) is 3.79. The van der Waals surface area contributed by atoms with Crippen molar-refractivity contribution in [2.45, 2.75) is 44.2 Å². The molecule has 0 bridgehead atoms. The third-order valence-corrected chi connectivity index (χ3v) is 5.39. The molecule has 28 heavy (non-hydrogen) atoms. The second-order valence-electron chi connectivity index (χ2n) is 7.34. The van der Waals surface area contributed by atoms with Crippen LogP contribution in [0.15, 0.2) is 72.4 Å². The zero-order valence-electron chi connectivity index (χ0n) is 16.3. The Kier molecular flexibility index (Phi) is 6.86. The zero-order valence-corrected chi connectivity index (χ0v) is 16.3. The molecule has 0 aromatic heterocycles. The molecule has 0 heterocycles. The third-order valence-electron chi connectivity index (χ3n) is 5.39. The van der Waals surface area contributed by atoms with E-state index in [-0.39, 0.29) is 17.5 Å². The molecule has 2 aromatic rings. The first-order valence-corrected chi connectivity index (χ1v) is 9.93. The van der Waals surface area contributed by atoms with Gasteiger partial charge in [0.1, 0.15) is 11.6 Å².